The Labute approximate surface area is 130 Å². The predicted molar refractivity (Wildman–Crippen MR) is 83.8 cm³/mol. The fraction of sp³-hybridized carbons (Fsp3) is 0.368. The van der Waals surface area contributed by atoms with Gasteiger partial charge in [-0.1, -0.05) is 48.6 Å². The van der Waals surface area contributed by atoms with E-state index in [9.17, 15) is 9.59 Å². The Morgan fingerprint density at radius 3 is 2.82 bits per heavy atom. The van der Waals surface area contributed by atoms with E-state index in [1.807, 2.05) is 43.3 Å². The molecule has 22 heavy (non-hydrogen) atoms. The van der Waals surface area contributed by atoms with Crippen LogP contribution < -0.4 is 5.32 Å². The lowest BCUT2D eigenvalue weighted by Crippen LogP contribution is -2.47. The smallest absolute Gasteiger partial charge is 0.231 e. The molecule has 1 aromatic rings. The number of hydrogen-bond acceptors (Lipinski definition) is 2. The van der Waals surface area contributed by atoms with Crippen LogP contribution in [0.1, 0.15) is 24.9 Å². The van der Waals surface area contributed by atoms with Gasteiger partial charge < -0.3 is 5.32 Å². The normalized spacial score (nSPS) is 35.7. The van der Waals surface area contributed by atoms with Crippen molar-refractivity contribution >= 4 is 11.7 Å². The summed E-state index contributed by atoms with van der Waals surface area (Å²) >= 11 is 0. The molecule has 3 heteroatoms. The Kier molecular flexibility index (Phi) is 2.86. The van der Waals surface area contributed by atoms with Crippen LogP contribution in [0.2, 0.25) is 0 Å². The molecule has 0 unspecified atom stereocenters. The first-order valence-electron chi connectivity index (χ1n) is 7.90. The van der Waals surface area contributed by atoms with Crippen LogP contribution in [0.4, 0.5) is 0 Å². The van der Waals surface area contributed by atoms with Crippen molar-refractivity contribution in [3.63, 3.8) is 0 Å². The average Bonchev–Trinajstić information content (AvgIpc) is 3.21. The summed E-state index contributed by atoms with van der Waals surface area (Å²) in [5.41, 5.74) is 0.426. The van der Waals surface area contributed by atoms with E-state index in [0.29, 0.717) is 0 Å². The summed E-state index contributed by atoms with van der Waals surface area (Å²) in [6.45, 7) is 1.99. The minimum Gasteiger partial charge on any atom is -0.349 e. The van der Waals surface area contributed by atoms with E-state index in [-0.39, 0.29) is 35.5 Å². The maximum atomic E-state index is 13.0. The lowest BCUT2D eigenvalue weighted by atomic mass is 9.69. The van der Waals surface area contributed by atoms with Gasteiger partial charge in [0.15, 0.2) is 5.78 Å². The van der Waals surface area contributed by atoms with Gasteiger partial charge in [0.1, 0.15) is 0 Å². The van der Waals surface area contributed by atoms with Crippen LogP contribution in [-0.4, -0.2) is 11.7 Å². The standard InChI is InChI=1S/C19H19NO2/c1-12(13-5-3-2-4-6-13)20-18(22)19-10-9-16(21)17(19)14-7-8-15(19)11-14/h2-10,12,14-15,17H,11H2,1H3,(H,20,22)/t12-,14+,15+,17+,19-/m1/s1. The molecule has 1 N–H and O–H groups in total. The molecule has 3 aliphatic carbocycles. The Morgan fingerprint density at radius 1 is 1.27 bits per heavy atom. The van der Waals surface area contributed by atoms with Gasteiger partial charge in [0.25, 0.3) is 0 Å². The minimum absolute atomic E-state index is 0.00666. The lowest BCUT2D eigenvalue weighted by Gasteiger charge is -2.34. The molecular formula is C19H19NO2. The van der Waals surface area contributed by atoms with Crippen molar-refractivity contribution in [3.8, 4) is 0 Å². The number of ketones is 1. The molecule has 0 saturated heterocycles. The van der Waals surface area contributed by atoms with E-state index in [2.05, 4.69) is 17.5 Å². The van der Waals surface area contributed by atoms with E-state index < -0.39 is 5.41 Å². The van der Waals surface area contributed by atoms with Crippen molar-refractivity contribution in [3.05, 3.63) is 60.2 Å². The van der Waals surface area contributed by atoms with Crippen LogP contribution in [0.15, 0.2) is 54.6 Å². The van der Waals surface area contributed by atoms with Crippen LogP contribution in [0.5, 0.6) is 0 Å². The monoisotopic (exact) mass is 293 g/mol. The number of carbonyl (C=O) groups is 2. The average molecular weight is 293 g/mol. The quantitative estimate of drug-likeness (QED) is 0.871. The molecule has 3 nitrogen and oxygen atoms in total. The summed E-state index contributed by atoms with van der Waals surface area (Å²) in [6.07, 6.45) is 8.64. The van der Waals surface area contributed by atoms with Crippen molar-refractivity contribution in [1.82, 2.24) is 5.32 Å². The molecule has 112 valence electrons. The fourth-order valence-corrected chi connectivity index (χ4v) is 4.44. The van der Waals surface area contributed by atoms with Gasteiger partial charge >= 0.3 is 0 Å². The van der Waals surface area contributed by atoms with E-state index in [1.54, 1.807) is 6.08 Å². The zero-order chi connectivity index (χ0) is 15.3. The van der Waals surface area contributed by atoms with Crippen molar-refractivity contribution < 1.29 is 9.59 Å². The van der Waals surface area contributed by atoms with Crippen LogP contribution in [-0.2, 0) is 9.59 Å². The van der Waals surface area contributed by atoms with Gasteiger partial charge in [-0.05, 0) is 36.8 Å². The van der Waals surface area contributed by atoms with Crippen LogP contribution in [0.3, 0.4) is 0 Å². The third-order valence-corrected chi connectivity index (χ3v) is 5.54. The maximum Gasteiger partial charge on any atom is 0.231 e. The molecule has 1 amide bonds. The number of rotatable bonds is 3. The third kappa shape index (κ3) is 1.68. The molecule has 2 bridgehead atoms. The second kappa shape index (κ2) is 4.67. The first-order chi connectivity index (χ1) is 10.6. The van der Waals surface area contributed by atoms with Gasteiger partial charge in [-0.25, -0.2) is 0 Å². The van der Waals surface area contributed by atoms with Crippen molar-refractivity contribution in [2.45, 2.75) is 19.4 Å². The second-order valence-electron chi connectivity index (χ2n) is 6.64. The number of benzene rings is 1. The Bertz CT molecular complexity index is 691. The SMILES string of the molecule is C[C@@H](NC(=O)[C@@]12C=CC(=O)[C@@H]1[C@H]1C=C[C@H]2C1)c1ccccc1. The third-order valence-electron chi connectivity index (χ3n) is 5.54. The van der Waals surface area contributed by atoms with Crippen molar-refractivity contribution in [2.24, 2.45) is 23.2 Å². The highest BCUT2D eigenvalue weighted by molar-refractivity contribution is 6.04. The Balaban J connectivity index is 1.61. The molecule has 0 heterocycles. The minimum atomic E-state index is -0.653. The lowest BCUT2D eigenvalue weighted by molar-refractivity contribution is -0.136. The first-order valence-corrected chi connectivity index (χ1v) is 7.90. The van der Waals surface area contributed by atoms with Gasteiger partial charge in [0, 0.05) is 5.92 Å². The summed E-state index contributed by atoms with van der Waals surface area (Å²) in [5.74, 6) is 0.302. The number of nitrogens with one attached hydrogen (secondary N) is 1. The predicted octanol–water partition coefficient (Wildman–Crippen LogP) is 2.81. The van der Waals surface area contributed by atoms with E-state index in [1.165, 1.54) is 0 Å². The van der Waals surface area contributed by atoms with Crippen LogP contribution in [0.25, 0.3) is 0 Å². The van der Waals surface area contributed by atoms with Gasteiger partial charge in [-0.2, -0.15) is 0 Å². The molecular weight excluding hydrogens is 274 g/mol. The molecule has 0 aliphatic heterocycles. The number of amides is 1. The van der Waals surface area contributed by atoms with Crippen LogP contribution >= 0.6 is 0 Å². The van der Waals surface area contributed by atoms with Gasteiger partial charge in [0.05, 0.1) is 11.5 Å². The van der Waals surface area contributed by atoms with E-state index in [4.69, 9.17) is 0 Å². The summed E-state index contributed by atoms with van der Waals surface area (Å²) in [4.78, 5) is 25.2. The highest BCUT2D eigenvalue weighted by Gasteiger charge is 2.63. The Hall–Kier alpha value is -2.16. The van der Waals surface area contributed by atoms with Gasteiger partial charge in [-0.15, -0.1) is 0 Å². The highest BCUT2D eigenvalue weighted by atomic mass is 16.2. The van der Waals surface area contributed by atoms with E-state index in [0.717, 1.165) is 12.0 Å². The van der Waals surface area contributed by atoms with Crippen molar-refractivity contribution in [2.75, 3.05) is 0 Å². The van der Waals surface area contributed by atoms with Gasteiger partial charge in [-0.3, -0.25) is 9.59 Å². The molecule has 3 aliphatic rings. The largest absolute Gasteiger partial charge is 0.349 e. The summed E-state index contributed by atoms with van der Waals surface area (Å²) in [6, 6.07) is 9.87. The molecule has 0 aromatic heterocycles. The number of fused-ring (bicyclic) bond motifs is 5. The molecule has 0 radical (unpaired) electrons. The topological polar surface area (TPSA) is 46.2 Å². The summed E-state index contributed by atoms with van der Waals surface area (Å²) in [7, 11) is 0. The summed E-state index contributed by atoms with van der Waals surface area (Å²) < 4.78 is 0. The molecule has 1 saturated carbocycles. The molecule has 0 spiro atoms. The van der Waals surface area contributed by atoms with Gasteiger partial charge in [0.2, 0.25) is 5.91 Å². The highest BCUT2D eigenvalue weighted by Crippen LogP contribution is 2.60. The number of carbonyl (C=O) groups excluding carboxylic acids is 2. The second-order valence-corrected chi connectivity index (χ2v) is 6.64. The summed E-state index contributed by atoms with van der Waals surface area (Å²) in [5, 5.41) is 3.13. The number of hydrogen-bond donors (Lipinski definition) is 1. The molecule has 4 rings (SSSR count). The fourth-order valence-electron chi connectivity index (χ4n) is 4.44. The zero-order valence-electron chi connectivity index (χ0n) is 12.5. The van der Waals surface area contributed by atoms with Crippen molar-refractivity contribution in [1.29, 1.82) is 0 Å². The van der Waals surface area contributed by atoms with Crippen LogP contribution in [0, 0.1) is 23.2 Å². The molecule has 1 aromatic carbocycles. The molecule has 5 atom stereocenters. The molecule has 1 fully saturated rings. The first kappa shape index (κ1) is 13.5. The maximum absolute atomic E-state index is 13.0. The van der Waals surface area contributed by atoms with E-state index >= 15 is 0 Å². The number of allylic oxidation sites excluding steroid dienone is 3. The zero-order valence-corrected chi connectivity index (χ0v) is 12.5. The Morgan fingerprint density at radius 2 is 2.05 bits per heavy atom.